The average molecular weight is 342 g/mol. The van der Waals surface area contributed by atoms with Crippen LogP contribution in [-0.4, -0.2) is 24.1 Å². The number of nitrogens with one attached hydrogen (secondary N) is 1. The van der Waals surface area contributed by atoms with Gasteiger partial charge >= 0.3 is 5.97 Å². The second kappa shape index (κ2) is 7.93. The highest BCUT2D eigenvalue weighted by Gasteiger charge is 2.22. The normalized spacial score (nSPS) is 11.6. The van der Waals surface area contributed by atoms with Gasteiger partial charge in [-0.3, -0.25) is 0 Å². The molecule has 3 N–H and O–H groups in total. The van der Waals surface area contributed by atoms with Crippen LogP contribution in [0.2, 0.25) is 0 Å². The number of hydrogen-bond acceptors (Lipinski definition) is 4. The summed E-state index contributed by atoms with van der Waals surface area (Å²) in [7, 11) is 1.38. The Bertz CT molecular complexity index is 721. The lowest BCUT2D eigenvalue weighted by molar-refractivity contribution is -0.142. The molecule has 5 heteroatoms. The first-order valence-corrected chi connectivity index (χ1v) is 8.12. The van der Waals surface area contributed by atoms with Crippen LogP contribution in [0.15, 0.2) is 42.5 Å². The molecule has 2 aromatic rings. The van der Waals surface area contributed by atoms with E-state index < -0.39 is 6.04 Å². The molecule has 2 rings (SSSR count). The average Bonchev–Trinajstić information content (AvgIpc) is 2.55. The summed E-state index contributed by atoms with van der Waals surface area (Å²) in [5, 5.41) is 3.15. The number of nitrogen functional groups attached to an aromatic ring is 1. The lowest BCUT2D eigenvalue weighted by atomic mass is 10.0. The number of carbonyl (C=O) groups is 1. The van der Waals surface area contributed by atoms with Crippen molar-refractivity contribution in [2.45, 2.75) is 26.3 Å². The molecule has 1 atom stereocenters. The van der Waals surface area contributed by atoms with Crippen LogP contribution >= 0.6 is 12.2 Å². The molecule has 0 aliphatic rings. The van der Waals surface area contributed by atoms with E-state index in [1.807, 2.05) is 56.3 Å². The molecule has 126 valence electrons. The van der Waals surface area contributed by atoms with Gasteiger partial charge in [0.2, 0.25) is 0 Å². The van der Waals surface area contributed by atoms with Crippen molar-refractivity contribution in [3.63, 3.8) is 0 Å². The number of thiocarbonyl (C=S) groups is 1. The Hall–Kier alpha value is -2.40. The molecule has 0 fully saturated rings. The zero-order valence-corrected chi connectivity index (χ0v) is 14.9. The molecule has 0 bridgehead atoms. The van der Waals surface area contributed by atoms with E-state index in [1.54, 1.807) is 0 Å². The van der Waals surface area contributed by atoms with Crippen LogP contribution in [0.5, 0.6) is 0 Å². The van der Waals surface area contributed by atoms with Crippen molar-refractivity contribution in [1.29, 1.82) is 0 Å². The number of anilines is 1. The van der Waals surface area contributed by atoms with Gasteiger partial charge in [-0.15, -0.1) is 0 Å². The van der Waals surface area contributed by atoms with Crippen molar-refractivity contribution in [1.82, 2.24) is 5.32 Å². The van der Waals surface area contributed by atoms with Gasteiger partial charge in [0.1, 0.15) is 11.0 Å². The van der Waals surface area contributed by atoms with E-state index in [0.29, 0.717) is 17.1 Å². The Kier molecular flexibility index (Phi) is 5.93. The number of carbonyl (C=O) groups excluding carboxylic acids is 1. The van der Waals surface area contributed by atoms with Crippen LogP contribution in [0.1, 0.15) is 22.3 Å². The highest BCUT2D eigenvalue weighted by Crippen LogP contribution is 2.15. The number of benzene rings is 2. The predicted octanol–water partition coefficient (Wildman–Crippen LogP) is 2.94. The van der Waals surface area contributed by atoms with Crippen molar-refractivity contribution in [3.8, 4) is 0 Å². The fraction of sp³-hybridized carbons (Fsp3) is 0.263. The first-order valence-electron chi connectivity index (χ1n) is 7.71. The zero-order chi connectivity index (χ0) is 17.7. The SMILES string of the molecule is COC(=O)C(Cc1ccc(N)cc1)NC(=S)c1c(C)cccc1C. The number of esters is 1. The van der Waals surface area contributed by atoms with Gasteiger partial charge < -0.3 is 15.8 Å². The maximum atomic E-state index is 12.2. The third-order valence-corrected chi connectivity index (χ3v) is 4.24. The Labute approximate surface area is 148 Å². The Balaban J connectivity index is 2.21. The van der Waals surface area contributed by atoms with Crippen LogP contribution in [-0.2, 0) is 16.0 Å². The third kappa shape index (κ3) is 4.32. The summed E-state index contributed by atoms with van der Waals surface area (Å²) in [6.45, 7) is 4.01. The van der Waals surface area contributed by atoms with Crippen LogP contribution < -0.4 is 11.1 Å². The molecule has 0 radical (unpaired) electrons. The van der Waals surface area contributed by atoms with Crippen LogP contribution in [0, 0.1) is 13.8 Å². The number of ether oxygens (including phenoxy) is 1. The van der Waals surface area contributed by atoms with Crippen molar-refractivity contribution in [2.24, 2.45) is 0 Å². The topological polar surface area (TPSA) is 64.3 Å². The summed E-state index contributed by atoms with van der Waals surface area (Å²) in [4.78, 5) is 12.7. The molecule has 0 spiro atoms. The van der Waals surface area contributed by atoms with Gasteiger partial charge in [-0.2, -0.15) is 0 Å². The number of hydrogen-bond donors (Lipinski definition) is 2. The van der Waals surface area contributed by atoms with Crippen molar-refractivity contribution >= 4 is 28.9 Å². The van der Waals surface area contributed by atoms with Gasteiger partial charge in [0.15, 0.2) is 0 Å². The number of aryl methyl sites for hydroxylation is 2. The van der Waals surface area contributed by atoms with E-state index in [-0.39, 0.29) is 5.97 Å². The van der Waals surface area contributed by atoms with E-state index in [4.69, 9.17) is 22.7 Å². The molecule has 2 aromatic carbocycles. The summed E-state index contributed by atoms with van der Waals surface area (Å²) in [5.74, 6) is -0.347. The molecule has 0 amide bonds. The van der Waals surface area contributed by atoms with Crippen LogP contribution in [0.3, 0.4) is 0 Å². The number of methoxy groups -OCH3 is 1. The second-order valence-electron chi connectivity index (χ2n) is 5.76. The second-order valence-corrected chi connectivity index (χ2v) is 6.17. The molecular formula is C19H22N2O2S. The molecule has 0 heterocycles. The van der Waals surface area contributed by atoms with Crippen LogP contribution in [0.25, 0.3) is 0 Å². The maximum absolute atomic E-state index is 12.2. The molecule has 4 nitrogen and oxygen atoms in total. The fourth-order valence-electron chi connectivity index (χ4n) is 2.63. The van der Waals surface area contributed by atoms with E-state index in [9.17, 15) is 4.79 Å². The maximum Gasteiger partial charge on any atom is 0.328 e. The van der Waals surface area contributed by atoms with Gasteiger partial charge in [-0.25, -0.2) is 4.79 Å². The van der Waals surface area contributed by atoms with Gasteiger partial charge in [-0.05, 0) is 42.7 Å². The molecule has 24 heavy (non-hydrogen) atoms. The van der Waals surface area contributed by atoms with E-state index in [0.717, 1.165) is 22.3 Å². The molecule has 0 saturated carbocycles. The lowest BCUT2D eigenvalue weighted by Gasteiger charge is -2.20. The summed E-state index contributed by atoms with van der Waals surface area (Å²) >= 11 is 5.54. The van der Waals surface area contributed by atoms with E-state index in [2.05, 4.69) is 5.32 Å². The first kappa shape index (κ1) is 17.9. The molecule has 0 aliphatic carbocycles. The standard InChI is InChI=1S/C19H22N2O2S/c1-12-5-4-6-13(2)17(12)18(24)21-16(19(22)23-3)11-14-7-9-15(20)10-8-14/h4-10,16H,11,20H2,1-3H3,(H,21,24). The molecular weight excluding hydrogens is 320 g/mol. The zero-order valence-electron chi connectivity index (χ0n) is 14.1. The quantitative estimate of drug-likeness (QED) is 0.497. The Morgan fingerprint density at radius 2 is 1.75 bits per heavy atom. The van der Waals surface area contributed by atoms with Crippen molar-refractivity contribution in [3.05, 3.63) is 64.7 Å². The predicted molar refractivity (Wildman–Crippen MR) is 101 cm³/mol. The van der Waals surface area contributed by atoms with Gasteiger partial charge in [0, 0.05) is 17.7 Å². The summed E-state index contributed by atoms with van der Waals surface area (Å²) in [6.07, 6.45) is 0.470. The minimum Gasteiger partial charge on any atom is -0.467 e. The highest BCUT2D eigenvalue weighted by molar-refractivity contribution is 7.80. The molecule has 0 aliphatic heterocycles. The molecule has 0 saturated heterocycles. The molecule has 1 unspecified atom stereocenters. The monoisotopic (exact) mass is 342 g/mol. The number of rotatable bonds is 5. The van der Waals surface area contributed by atoms with Gasteiger partial charge in [0.25, 0.3) is 0 Å². The van der Waals surface area contributed by atoms with Crippen molar-refractivity contribution in [2.75, 3.05) is 12.8 Å². The minimum atomic E-state index is -0.551. The summed E-state index contributed by atoms with van der Waals surface area (Å²) in [6, 6.07) is 12.9. The van der Waals surface area contributed by atoms with E-state index >= 15 is 0 Å². The smallest absolute Gasteiger partial charge is 0.328 e. The Morgan fingerprint density at radius 3 is 2.29 bits per heavy atom. The Morgan fingerprint density at radius 1 is 1.17 bits per heavy atom. The van der Waals surface area contributed by atoms with Gasteiger partial charge in [-0.1, -0.05) is 42.5 Å². The first-order chi connectivity index (χ1) is 11.4. The lowest BCUT2D eigenvalue weighted by Crippen LogP contribution is -2.43. The largest absolute Gasteiger partial charge is 0.467 e. The van der Waals surface area contributed by atoms with Gasteiger partial charge in [0.05, 0.1) is 7.11 Å². The summed E-state index contributed by atoms with van der Waals surface area (Å²) in [5.41, 5.74) is 10.5. The molecule has 0 aromatic heterocycles. The van der Waals surface area contributed by atoms with E-state index in [1.165, 1.54) is 7.11 Å². The number of nitrogens with two attached hydrogens (primary N) is 1. The third-order valence-electron chi connectivity index (χ3n) is 3.92. The fourth-order valence-corrected chi connectivity index (χ4v) is 3.09. The van der Waals surface area contributed by atoms with Crippen molar-refractivity contribution < 1.29 is 9.53 Å². The van der Waals surface area contributed by atoms with Crippen LogP contribution in [0.4, 0.5) is 5.69 Å². The minimum absolute atomic E-state index is 0.347. The highest BCUT2D eigenvalue weighted by atomic mass is 32.1. The summed E-state index contributed by atoms with van der Waals surface area (Å²) < 4.78 is 4.92.